The van der Waals surface area contributed by atoms with Gasteiger partial charge in [0, 0.05) is 44.5 Å². The molecule has 0 aliphatic carbocycles. The van der Waals surface area contributed by atoms with E-state index in [0.29, 0.717) is 25.8 Å². The summed E-state index contributed by atoms with van der Waals surface area (Å²) in [4.78, 5) is 24.8. The van der Waals surface area contributed by atoms with Crippen LogP contribution in [0.1, 0.15) is 73.2 Å². The molecule has 1 amide bonds. The Bertz CT molecular complexity index is 1020. The molecule has 1 saturated heterocycles. The number of likely N-dealkylation sites (N-methyl/N-ethyl adjacent to an activating group) is 1. The molecule has 2 aromatic carbocycles. The molecule has 8 heteroatoms. The third kappa shape index (κ3) is 9.68. The van der Waals surface area contributed by atoms with E-state index in [2.05, 4.69) is 16.8 Å². The SMILES string of the molecule is C=CCN(C)CC1CC(c2ccc(CO)cc2)OC(c2ccc(CNC(=O)CCCCCC(=O)O)cc2)O1. The van der Waals surface area contributed by atoms with E-state index in [1.54, 1.807) is 0 Å². The van der Waals surface area contributed by atoms with Gasteiger partial charge in [0.25, 0.3) is 0 Å². The van der Waals surface area contributed by atoms with Crippen LogP contribution in [0.4, 0.5) is 0 Å². The third-order valence-corrected chi connectivity index (χ3v) is 6.61. The van der Waals surface area contributed by atoms with Crippen molar-refractivity contribution < 1.29 is 29.3 Å². The van der Waals surface area contributed by atoms with Crippen molar-refractivity contribution in [3.05, 3.63) is 83.4 Å². The fourth-order valence-electron chi connectivity index (χ4n) is 4.50. The Morgan fingerprint density at radius 2 is 1.66 bits per heavy atom. The molecule has 1 aliphatic heterocycles. The first-order chi connectivity index (χ1) is 18.4. The van der Waals surface area contributed by atoms with E-state index in [-0.39, 0.29) is 31.1 Å². The number of carboxylic acids is 1. The summed E-state index contributed by atoms with van der Waals surface area (Å²) < 4.78 is 12.7. The highest BCUT2D eigenvalue weighted by Crippen LogP contribution is 2.38. The summed E-state index contributed by atoms with van der Waals surface area (Å²) in [6, 6.07) is 15.7. The van der Waals surface area contributed by atoms with Gasteiger partial charge < -0.3 is 29.9 Å². The highest BCUT2D eigenvalue weighted by Gasteiger charge is 2.32. The smallest absolute Gasteiger partial charge is 0.303 e. The first-order valence-corrected chi connectivity index (χ1v) is 13.2. The first-order valence-electron chi connectivity index (χ1n) is 13.2. The molecule has 0 radical (unpaired) electrons. The van der Waals surface area contributed by atoms with Crippen LogP contribution in [0.5, 0.6) is 0 Å². The van der Waals surface area contributed by atoms with Crippen molar-refractivity contribution in [3.63, 3.8) is 0 Å². The van der Waals surface area contributed by atoms with E-state index >= 15 is 0 Å². The largest absolute Gasteiger partial charge is 0.481 e. The normalized spacial score (nSPS) is 19.3. The number of unbranched alkanes of at least 4 members (excludes halogenated alkanes) is 2. The van der Waals surface area contributed by atoms with Crippen LogP contribution >= 0.6 is 0 Å². The molecule has 0 bridgehead atoms. The summed E-state index contributed by atoms with van der Waals surface area (Å²) in [6.45, 7) is 5.77. The Morgan fingerprint density at radius 1 is 1.00 bits per heavy atom. The predicted octanol–water partition coefficient (Wildman–Crippen LogP) is 4.49. The average molecular weight is 525 g/mol. The minimum absolute atomic E-state index is 0.00606. The Labute approximate surface area is 225 Å². The molecule has 38 heavy (non-hydrogen) atoms. The second-order valence-electron chi connectivity index (χ2n) is 9.83. The van der Waals surface area contributed by atoms with E-state index in [0.717, 1.165) is 48.2 Å². The number of aliphatic hydroxyl groups excluding tert-OH is 1. The van der Waals surface area contributed by atoms with Crippen molar-refractivity contribution in [2.24, 2.45) is 0 Å². The number of hydrogen-bond acceptors (Lipinski definition) is 6. The Morgan fingerprint density at radius 3 is 2.32 bits per heavy atom. The van der Waals surface area contributed by atoms with Crippen molar-refractivity contribution in [2.45, 2.75) is 70.2 Å². The Hall–Kier alpha value is -3.04. The van der Waals surface area contributed by atoms with Gasteiger partial charge in [0.2, 0.25) is 5.91 Å². The highest BCUT2D eigenvalue weighted by atomic mass is 16.7. The number of carbonyl (C=O) groups excluding carboxylic acids is 1. The zero-order valence-corrected chi connectivity index (χ0v) is 22.2. The summed E-state index contributed by atoms with van der Waals surface area (Å²) in [5, 5.41) is 21.0. The number of rotatable bonds is 15. The molecule has 1 fully saturated rings. The van der Waals surface area contributed by atoms with Crippen molar-refractivity contribution in [3.8, 4) is 0 Å². The van der Waals surface area contributed by atoms with E-state index in [4.69, 9.17) is 14.6 Å². The maximum Gasteiger partial charge on any atom is 0.303 e. The number of nitrogens with one attached hydrogen (secondary N) is 1. The van der Waals surface area contributed by atoms with Gasteiger partial charge in [-0.1, -0.05) is 61.0 Å². The molecule has 8 nitrogen and oxygen atoms in total. The third-order valence-electron chi connectivity index (χ3n) is 6.61. The molecule has 3 atom stereocenters. The molecule has 206 valence electrons. The summed E-state index contributed by atoms with van der Waals surface area (Å²) in [6.07, 6.45) is 4.44. The number of amides is 1. The predicted molar refractivity (Wildman–Crippen MR) is 145 cm³/mol. The van der Waals surface area contributed by atoms with Crippen molar-refractivity contribution in [2.75, 3.05) is 20.1 Å². The number of carbonyl (C=O) groups is 2. The zero-order valence-electron chi connectivity index (χ0n) is 22.2. The molecule has 3 N–H and O–H groups in total. The summed E-state index contributed by atoms with van der Waals surface area (Å²) in [5.74, 6) is -0.838. The van der Waals surface area contributed by atoms with Gasteiger partial charge in [-0.05, 0) is 36.6 Å². The van der Waals surface area contributed by atoms with Crippen LogP contribution in [-0.4, -0.2) is 53.2 Å². The highest BCUT2D eigenvalue weighted by molar-refractivity contribution is 5.75. The summed E-state index contributed by atoms with van der Waals surface area (Å²) in [7, 11) is 2.04. The molecule has 1 aliphatic rings. The van der Waals surface area contributed by atoms with E-state index in [1.807, 2.05) is 61.7 Å². The lowest BCUT2D eigenvalue weighted by atomic mass is 9.99. The molecule has 0 aromatic heterocycles. The molecule has 3 rings (SSSR count). The maximum absolute atomic E-state index is 12.1. The molecular formula is C30H40N2O6. The van der Waals surface area contributed by atoms with E-state index < -0.39 is 12.3 Å². The average Bonchev–Trinajstić information content (AvgIpc) is 2.92. The second kappa shape index (κ2) is 15.4. The van der Waals surface area contributed by atoms with Crippen LogP contribution in [-0.2, 0) is 32.2 Å². The second-order valence-corrected chi connectivity index (χ2v) is 9.83. The quantitative estimate of drug-likeness (QED) is 0.233. The summed E-state index contributed by atoms with van der Waals surface area (Å²) in [5.41, 5.74) is 3.79. The van der Waals surface area contributed by atoms with Gasteiger partial charge in [-0.2, -0.15) is 0 Å². The van der Waals surface area contributed by atoms with Crippen LogP contribution in [0.25, 0.3) is 0 Å². The monoisotopic (exact) mass is 524 g/mol. The van der Waals surface area contributed by atoms with Crippen LogP contribution in [0.2, 0.25) is 0 Å². The van der Waals surface area contributed by atoms with Crippen molar-refractivity contribution in [1.29, 1.82) is 0 Å². The maximum atomic E-state index is 12.1. The van der Waals surface area contributed by atoms with Crippen molar-refractivity contribution >= 4 is 11.9 Å². The lowest BCUT2D eigenvalue weighted by Gasteiger charge is -2.37. The number of aliphatic carboxylic acids is 1. The van der Waals surface area contributed by atoms with Gasteiger partial charge in [-0.25, -0.2) is 0 Å². The lowest BCUT2D eigenvalue weighted by Crippen LogP contribution is -2.37. The van der Waals surface area contributed by atoms with E-state index in [9.17, 15) is 14.7 Å². The lowest BCUT2D eigenvalue weighted by molar-refractivity contribution is -0.252. The number of benzene rings is 2. The van der Waals surface area contributed by atoms with Gasteiger partial charge in [0.1, 0.15) is 0 Å². The van der Waals surface area contributed by atoms with Crippen LogP contribution in [0.15, 0.2) is 61.2 Å². The van der Waals surface area contributed by atoms with Gasteiger partial charge in [-0.3, -0.25) is 9.59 Å². The molecule has 1 heterocycles. The molecular weight excluding hydrogens is 484 g/mol. The molecule has 3 unspecified atom stereocenters. The zero-order chi connectivity index (χ0) is 27.3. The minimum atomic E-state index is -0.801. The van der Waals surface area contributed by atoms with Crippen LogP contribution in [0.3, 0.4) is 0 Å². The van der Waals surface area contributed by atoms with Gasteiger partial charge in [0.05, 0.1) is 18.8 Å². The number of aliphatic hydroxyl groups is 1. The molecule has 2 aromatic rings. The van der Waals surface area contributed by atoms with Gasteiger partial charge in [0.15, 0.2) is 6.29 Å². The minimum Gasteiger partial charge on any atom is -0.481 e. The fraction of sp³-hybridized carbons (Fsp3) is 0.467. The van der Waals surface area contributed by atoms with Gasteiger partial charge >= 0.3 is 5.97 Å². The van der Waals surface area contributed by atoms with Gasteiger partial charge in [-0.15, -0.1) is 6.58 Å². The molecule has 0 spiro atoms. The number of hydrogen-bond donors (Lipinski definition) is 3. The number of nitrogens with zero attached hydrogens (tertiary/aromatic N) is 1. The van der Waals surface area contributed by atoms with Crippen molar-refractivity contribution in [1.82, 2.24) is 10.2 Å². The molecule has 0 saturated carbocycles. The number of ether oxygens (including phenoxy) is 2. The summed E-state index contributed by atoms with van der Waals surface area (Å²) >= 11 is 0. The Kier molecular flexibility index (Phi) is 12.0. The standard InChI is InChI=1S/C30H40N2O6/c1-3-17-32(2)20-26-18-27(24-13-11-23(21-33)12-14-24)38-30(37-26)25-15-9-22(10-16-25)19-31-28(34)7-5-4-6-8-29(35)36/h3,9-16,26-27,30,33H,1,4-8,17-21H2,2H3,(H,31,34)(H,35,36). The van der Waals surface area contributed by atoms with Crippen LogP contribution in [0, 0.1) is 0 Å². The van der Waals surface area contributed by atoms with Crippen LogP contribution < -0.4 is 5.32 Å². The Balaban J connectivity index is 1.58. The van der Waals surface area contributed by atoms with E-state index in [1.165, 1.54) is 0 Å². The first kappa shape index (κ1) is 29.5. The fourth-order valence-corrected chi connectivity index (χ4v) is 4.50. The topological polar surface area (TPSA) is 108 Å². The number of carboxylic acid groups (broad SMARTS) is 1.